The second-order valence-corrected chi connectivity index (χ2v) is 7.56. The zero-order chi connectivity index (χ0) is 20.9. The summed E-state index contributed by atoms with van der Waals surface area (Å²) in [4.78, 5) is 15.7. The molecule has 0 saturated heterocycles. The quantitative estimate of drug-likeness (QED) is 0.449. The van der Waals surface area contributed by atoms with Gasteiger partial charge in [-0.15, -0.1) is 10.2 Å². The van der Waals surface area contributed by atoms with Gasteiger partial charge >= 0.3 is 0 Å². The molecule has 0 radical (unpaired) electrons. The lowest BCUT2D eigenvalue weighted by Crippen LogP contribution is -2.28. The Labute approximate surface area is 175 Å². The van der Waals surface area contributed by atoms with Crippen LogP contribution < -0.4 is 5.32 Å². The predicted molar refractivity (Wildman–Crippen MR) is 116 cm³/mol. The van der Waals surface area contributed by atoms with Crippen LogP contribution in [0.1, 0.15) is 54.3 Å². The van der Waals surface area contributed by atoms with Gasteiger partial charge in [-0.3, -0.25) is 4.79 Å². The van der Waals surface area contributed by atoms with Crippen molar-refractivity contribution in [3.05, 3.63) is 83.2 Å². The van der Waals surface area contributed by atoms with E-state index in [9.17, 15) is 4.79 Å². The molecule has 0 fully saturated rings. The minimum absolute atomic E-state index is 0.0122. The number of hydrogen-bond acceptors (Lipinski definition) is 4. The highest BCUT2D eigenvalue weighted by Crippen LogP contribution is 2.21. The Kier molecular flexibility index (Phi) is 5.93. The Morgan fingerprint density at radius 1 is 1.10 bits per heavy atom. The Balaban J connectivity index is 1.32. The highest BCUT2D eigenvalue weighted by molar-refractivity contribution is 5.83. The zero-order valence-electron chi connectivity index (χ0n) is 17.3. The Bertz CT molecular complexity index is 1130. The van der Waals surface area contributed by atoms with Crippen LogP contribution in [0.2, 0.25) is 0 Å². The first-order valence-corrected chi connectivity index (χ1v) is 10.3. The third-order valence-electron chi connectivity index (χ3n) is 5.31. The van der Waals surface area contributed by atoms with Gasteiger partial charge in [0.25, 0.3) is 0 Å². The van der Waals surface area contributed by atoms with Crippen molar-refractivity contribution in [2.24, 2.45) is 0 Å². The van der Waals surface area contributed by atoms with Gasteiger partial charge in [0.05, 0.1) is 12.5 Å². The molecule has 0 spiro atoms. The standard InChI is InChI=1S/C24H26N4O2/c1-3-20(17-10-8-16(2)9-11-17)26-22(29)12-13-23-27-28-24(30-23)14-18-15-25-21-7-5-4-6-19(18)21/h4-11,15,20,25H,3,12-14H2,1-2H3,(H,26,29)/t20-/m0/s1. The van der Waals surface area contributed by atoms with Crippen LogP contribution in [0.4, 0.5) is 0 Å². The molecule has 1 amide bonds. The average molecular weight is 402 g/mol. The van der Waals surface area contributed by atoms with Crippen LogP contribution in [0.15, 0.2) is 59.1 Å². The van der Waals surface area contributed by atoms with Crippen molar-refractivity contribution in [2.45, 2.75) is 45.6 Å². The van der Waals surface area contributed by atoms with Gasteiger partial charge in [-0.2, -0.15) is 0 Å². The van der Waals surface area contributed by atoms with Gasteiger partial charge in [0, 0.05) is 29.9 Å². The van der Waals surface area contributed by atoms with Gasteiger partial charge in [0.15, 0.2) is 0 Å². The number of benzene rings is 2. The molecular weight excluding hydrogens is 376 g/mol. The summed E-state index contributed by atoms with van der Waals surface area (Å²) >= 11 is 0. The highest BCUT2D eigenvalue weighted by atomic mass is 16.4. The molecule has 2 aromatic carbocycles. The van der Waals surface area contributed by atoms with E-state index in [4.69, 9.17) is 4.42 Å². The van der Waals surface area contributed by atoms with E-state index in [0.717, 1.165) is 28.5 Å². The summed E-state index contributed by atoms with van der Waals surface area (Å²) < 4.78 is 5.77. The molecule has 6 nitrogen and oxygen atoms in total. The molecule has 0 saturated carbocycles. The fraction of sp³-hybridized carbons (Fsp3) is 0.292. The van der Waals surface area contributed by atoms with Crippen LogP contribution in [0, 0.1) is 6.92 Å². The Hall–Kier alpha value is -3.41. The minimum atomic E-state index is -0.0150. The fourth-order valence-corrected chi connectivity index (χ4v) is 3.61. The monoisotopic (exact) mass is 402 g/mol. The Morgan fingerprint density at radius 3 is 2.67 bits per heavy atom. The van der Waals surface area contributed by atoms with Gasteiger partial charge in [0.2, 0.25) is 17.7 Å². The van der Waals surface area contributed by atoms with Gasteiger partial charge in [-0.1, -0.05) is 55.0 Å². The minimum Gasteiger partial charge on any atom is -0.425 e. The molecule has 2 aromatic heterocycles. The number of rotatable bonds is 8. The summed E-state index contributed by atoms with van der Waals surface area (Å²) in [6.07, 6.45) is 4.12. The lowest BCUT2D eigenvalue weighted by molar-refractivity contribution is -0.121. The van der Waals surface area contributed by atoms with Crippen LogP contribution >= 0.6 is 0 Å². The lowest BCUT2D eigenvalue weighted by atomic mass is 10.0. The molecule has 0 aliphatic rings. The maximum atomic E-state index is 12.4. The van der Waals surface area contributed by atoms with E-state index in [1.54, 1.807) is 0 Å². The number of H-pyrrole nitrogens is 1. The van der Waals surface area contributed by atoms with Crippen molar-refractivity contribution in [3.63, 3.8) is 0 Å². The molecule has 30 heavy (non-hydrogen) atoms. The summed E-state index contributed by atoms with van der Waals surface area (Å²) in [5.41, 5.74) is 4.53. The molecule has 1 atom stereocenters. The molecule has 154 valence electrons. The smallest absolute Gasteiger partial charge is 0.221 e. The van der Waals surface area contributed by atoms with Gasteiger partial charge in [0.1, 0.15) is 0 Å². The van der Waals surface area contributed by atoms with Crippen molar-refractivity contribution in [3.8, 4) is 0 Å². The SMILES string of the molecule is CC[C@H](NC(=O)CCc1nnc(Cc2c[nH]c3ccccc23)o1)c1ccc(C)cc1. The van der Waals surface area contributed by atoms with E-state index in [-0.39, 0.29) is 11.9 Å². The maximum absolute atomic E-state index is 12.4. The number of carbonyl (C=O) groups excluding carboxylic acids is 1. The lowest BCUT2D eigenvalue weighted by Gasteiger charge is -2.17. The molecule has 0 bridgehead atoms. The average Bonchev–Trinajstić information content (AvgIpc) is 3.39. The number of aryl methyl sites for hydroxylation is 2. The normalized spacial score (nSPS) is 12.2. The van der Waals surface area contributed by atoms with Crippen molar-refractivity contribution >= 4 is 16.8 Å². The fourth-order valence-electron chi connectivity index (χ4n) is 3.61. The third-order valence-corrected chi connectivity index (χ3v) is 5.31. The summed E-state index contributed by atoms with van der Waals surface area (Å²) in [6.45, 7) is 4.13. The van der Waals surface area contributed by atoms with E-state index < -0.39 is 0 Å². The molecule has 0 aliphatic carbocycles. The molecular formula is C24H26N4O2. The molecule has 6 heteroatoms. The van der Waals surface area contributed by atoms with Gasteiger partial charge < -0.3 is 14.7 Å². The van der Waals surface area contributed by atoms with Crippen molar-refractivity contribution in [1.82, 2.24) is 20.5 Å². The van der Waals surface area contributed by atoms with E-state index in [2.05, 4.69) is 64.7 Å². The number of aromatic nitrogens is 3. The zero-order valence-corrected chi connectivity index (χ0v) is 17.3. The summed E-state index contributed by atoms with van der Waals surface area (Å²) in [5, 5.41) is 12.5. The second kappa shape index (κ2) is 8.95. The van der Waals surface area contributed by atoms with Crippen LogP contribution in [0.25, 0.3) is 10.9 Å². The first kappa shape index (κ1) is 19.9. The van der Waals surface area contributed by atoms with Crippen molar-refractivity contribution in [1.29, 1.82) is 0 Å². The van der Waals surface area contributed by atoms with Crippen LogP contribution in [-0.2, 0) is 17.6 Å². The maximum Gasteiger partial charge on any atom is 0.221 e. The number of hydrogen-bond donors (Lipinski definition) is 2. The Morgan fingerprint density at radius 2 is 1.87 bits per heavy atom. The first-order chi connectivity index (χ1) is 14.6. The first-order valence-electron chi connectivity index (χ1n) is 10.3. The van der Waals surface area contributed by atoms with E-state index >= 15 is 0 Å². The van der Waals surface area contributed by atoms with E-state index in [1.807, 2.05) is 24.4 Å². The number of nitrogens with zero attached hydrogens (tertiary/aromatic N) is 2. The molecule has 2 heterocycles. The molecule has 4 aromatic rings. The molecule has 2 N–H and O–H groups in total. The van der Waals surface area contributed by atoms with Crippen LogP contribution in [0.3, 0.4) is 0 Å². The molecule has 4 rings (SSSR count). The second-order valence-electron chi connectivity index (χ2n) is 7.56. The topological polar surface area (TPSA) is 83.8 Å². The predicted octanol–water partition coefficient (Wildman–Crippen LogP) is 4.65. The van der Waals surface area contributed by atoms with E-state index in [1.165, 1.54) is 5.56 Å². The van der Waals surface area contributed by atoms with Crippen LogP contribution in [-0.4, -0.2) is 21.1 Å². The number of para-hydroxylation sites is 1. The van der Waals surface area contributed by atoms with Crippen molar-refractivity contribution in [2.75, 3.05) is 0 Å². The largest absolute Gasteiger partial charge is 0.425 e. The third kappa shape index (κ3) is 4.59. The molecule has 0 aliphatic heterocycles. The van der Waals surface area contributed by atoms with Gasteiger partial charge in [-0.05, 0) is 30.5 Å². The number of nitrogens with one attached hydrogen (secondary N) is 2. The highest BCUT2D eigenvalue weighted by Gasteiger charge is 2.15. The summed E-state index contributed by atoms with van der Waals surface area (Å²) in [7, 11) is 0. The number of aromatic amines is 1. The van der Waals surface area contributed by atoms with Gasteiger partial charge in [-0.25, -0.2) is 0 Å². The van der Waals surface area contributed by atoms with E-state index in [0.29, 0.717) is 31.0 Å². The summed E-state index contributed by atoms with van der Waals surface area (Å²) in [6, 6.07) is 16.4. The number of amides is 1. The number of fused-ring (bicyclic) bond motifs is 1. The van der Waals surface area contributed by atoms with Crippen LogP contribution in [0.5, 0.6) is 0 Å². The van der Waals surface area contributed by atoms with Crippen molar-refractivity contribution < 1.29 is 9.21 Å². The molecule has 0 unspecified atom stereocenters. The summed E-state index contributed by atoms with van der Waals surface area (Å²) in [5.74, 6) is 1.03. The number of carbonyl (C=O) groups is 1.